The molecule has 0 spiro atoms. The molecule has 0 saturated carbocycles. The quantitative estimate of drug-likeness (QED) is 0.912. The second kappa shape index (κ2) is 7.60. The molecule has 6 nitrogen and oxygen atoms in total. The third-order valence-electron chi connectivity index (χ3n) is 2.86. The van der Waals surface area contributed by atoms with E-state index in [-0.39, 0.29) is 24.1 Å². The molecule has 1 N–H and O–H groups in total. The highest BCUT2D eigenvalue weighted by atomic mass is 35.5. The first-order chi connectivity index (χ1) is 11.0. The molecular formula is C16H16ClN3O3. The Morgan fingerprint density at radius 1 is 1.26 bits per heavy atom. The van der Waals surface area contributed by atoms with E-state index < -0.39 is 0 Å². The van der Waals surface area contributed by atoms with Crippen molar-refractivity contribution >= 4 is 29.1 Å². The molecule has 2 aromatic rings. The molecule has 0 aliphatic carbocycles. The van der Waals surface area contributed by atoms with Crippen LogP contribution in [0.15, 0.2) is 42.6 Å². The van der Waals surface area contributed by atoms with Crippen LogP contribution in [0.1, 0.15) is 10.5 Å². The number of nitrogens with one attached hydrogen (secondary N) is 1. The van der Waals surface area contributed by atoms with Crippen molar-refractivity contribution in [3.05, 3.63) is 53.3 Å². The number of halogens is 1. The van der Waals surface area contributed by atoms with Crippen LogP contribution < -0.4 is 10.1 Å². The van der Waals surface area contributed by atoms with E-state index in [1.807, 2.05) is 0 Å². The highest BCUT2D eigenvalue weighted by Gasteiger charge is 2.11. The topological polar surface area (TPSA) is 71.5 Å². The average Bonchev–Trinajstić information content (AvgIpc) is 2.53. The van der Waals surface area contributed by atoms with Crippen LogP contribution in [0.2, 0.25) is 5.02 Å². The van der Waals surface area contributed by atoms with Crippen molar-refractivity contribution < 1.29 is 14.3 Å². The smallest absolute Gasteiger partial charge is 0.272 e. The van der Waals surface area contributed by atoms with Crippen molar-refractivity contribution in [1.82, 2.24) is 9.88 Å². The molecule has 0 atom stereocenters. The monoisotopic (exact) mass is 333 g/mol. The molecule has 120 valence electrons. The van der Waals surface area contributed by atoms with Gasteiger partial charge in [0.1, 0.15) is 11.4 Å². The minimum absolute atomic E-state index is 0.191. The summed E-state index contributed by atoms with van der Waals surface area (Å²) in [4.78, 5) is 29.2. The SMILES string of the molecule is CN(C)C(=O)c1cc(NC(=O)COc2ccccc2Cl)ccn1. The van der Waals surface area contributed by atoms with E-state index in [1.165, 1.54) is 17.2 Å². The summed E-state index contributed by atoms with van der Waals surface area (Å²) < 4.78 is 5.35. The van der Waals surface area contributed by atoms with E-state index in [0.29, 0.717) is 16.5 Å². The van der Waals surface area contributed by atoms with Gasteiger partial charge in [-0.15, -0.1) is 0 Å². The fourth-order valence-electron chi connectivity index (χ4n) is 1.76. The van der Waals surface area contributed by atoms with Gasteiger partial charge in [-0.05, 0) is 24.3 Å². The Balaban J connectivity index is 1.97. The lowest BCUT2D eigenvalue weighted by Gasteiger charge is -2.11. The molecule has 0 aliphatic rings. The number of carbonyl (C=O) groups excluding carboxylic acids is 2. The van der Waals surface area contributed by atoms with E-state index in [9.17, 15) is 9.59 Å². The van der Waals surface area contributed by atoms with Crippen LogP contribution in [0, 0.1) is 0 Å². The van der Waals surface area contributed by atoms with Gasteiger partial charge in [0.25, 0.3) is 11.8 Å². The normalized spacial score (nSPS) is 10.0. The maximum absolute atomic E-state index is 11.9. The Morgan fingerprint density at radius 2 is 2.00 bits per heavy atom. The molecule has 2 rings (SSSR count). The van der Waals surface area contributed by atoms with Crippen molar-refractivity contribution in [3.63, 3.8) is 0 Å². The molecule has 0 unspecified atom stereocenters. The van der Waals surface area contributed by atoms with Gasteiger partial charge in [0.2, 0.25) is 0 Å². The van der Waals surface area contributed by atoms with Crippen LogP contribution in [-0.2, 0) is 4.79 Å². The number of carbonyl (C=O) groups is 2. The first-order valence-corrected chi connectivity index (χ1v) is 7.20. The van der Waals surface area contributed by atoms with Crippen LogP contribution in [0.4, 0.5) is 5.69 Å². The Morgan fingerprint density at radius 3 is 2.70 bits per heavy atom. The first kappa shape index (κ1) is 16.8. The van der Waals surface area contributed by atoms with Crippen LogP contribution in [-0.4, -0.2) is 42.4 Å². The molecule has 0 bridgehead atoms. The number of para-hydroxylation sites is 1. The molecule has 23 heavy (non-hydrogen) atoms. The maximum atomic E-state index is 11.9. The molecule has 7 heteroatoms. The maximum Gasteiger partial charge on any atom is 0.272 e. The minimum atomic E-state index is -0.362. The number of nitrogens with zero attached hydrogens (tertiary/aromatic N) is 2. The van der Waals surface area contributed by atoms with E-state index in [0.717, 1.165) is 0 Å². The van der Waals surface area contributed by atoms with Crippen molar-refractivity contribution in [2.24, 2.45) is 0 Å². The van der Waals surface area contributed by atoms with Gasteiger partial charge >= 0.3 is 0 Å². The van der Waals surface area contributed by atoms with Gasteiger partial charge in [-0.2, -0.15) is 0 Å². The van der Waals surface area contributed by atoms with E-state index >= 15 is 0 Å². The number of hydrogen-bond donors (Lipinski definition) is 1. The van der Waals surface area contributed by atoms with Gasteiger partial charge < -0.3 is 15.0 Å². The van der Waals surface area contributed by atoms with Gasteiger partial charge in [-0.25, -0.2) is 0 Å². The standard InChI is InChI=1S/C16H16ClN3O3/c1-20(2)16(22)13-9-11(7-8-18-13)19-15(21)10-23-14-6-4-3-5-12(14)17/h3-9H,10H2,1-2H3,(H,18,19,21). The summed E-state index contributed by atoms with van der Waals surface area (Å²) in [5.74, 6) is -0.171. The minimum Gasteiger partial charge on any atom is -0.482 e. The highest BCUT2D eigenvalue weighted by molar-refractivity contribution is 6.32. The predicted molar refractivity (Wildman–Crippen MR) is 87.8 cm³/mol. The molecule has 1 aromatic heterocycles. The van der Waals surface area contributed by atoms with Crippen LogP contribution in [0.3, 0.4) is 0 Å². The molecule has 1 aromatic carbocycles. The molecule has 0 aliphatic heterocycles. The van der Waals surface area contributed by atoms with E-state index in [4.69, 9.17) is 16.3 Å². The largest absolute Gasteiger partial charge is 0.482 e. The highest BCUT2D eigenvalue weighted by Crippen LogP contribution is 2.22. The molecule has 0 saturated heterocycles. The number of benzene rings is 1. The fraction of sp³-hybridized carbons (Fsp3) is 0.188. The van der Waals surface area contributed by atoms with Crippen molar-refractivity contribution in [2.75, 3.05) is 26.0 Å². The number of anilines is 1. The number of ether oxygens (including phenoxy) is 1. The van der Waals surface area contributed by atoms with E-state index in [1.54, 1.807) is 44.4 Å². The van der Waals surface area contributed by atoms with Crippen LogP contribution in [0.25, 0.3) is 0 Å². The zero-order valence-corrected chi connectivity index (χ0v) is 13.5. The first-order valence-electron chi connectivity index (χ1n) is 6.82. The fourth-order valence-corrected chi connectivity index (χ4v) is 1.95. The Bertz CT molecular complexity index is 719. The lowest BCUT2D eigenvalue weighted by atomic mass is 10.3. The van der Waals surface area contributed by atoms with Crippen LogP contribution in [0.5, 0.6) is 5.75 Å². The summed E-state index contributed by atoms with van der Waals surface area (Å²) >= 11 is 5.95. The molecule has 0 fully saturated rings. The zero-order valence-electron chi connectivity index (χ0n) is 12.7. The summed E-state index contributed by atoms with van der Waals surface area (Å²) in [7, 11) is 3.26. The summed E-state index contributed by atoms with van der Waals surface area (Å²) in [5.41, 5.74) is 0.720. The van der Waals surface area contributed by atoms with Gasteiger partial charge in [-0.1, -0.05) is 23.7 Å². The number of rotatable bonds is 5. The average molecular weight is 334 g/mol. The van der Waals surface area contributed by atoms with Gasteiger partial charge in [-0.3, -0.25) is 14.6 Å². The van der Waals surface area contributed by atoms with Gasteiger partial charge in [0.05, 0.1) is 5.02 Å². The van der Waals surface area contributed by atoms with Crippen molar-refractivity contribution in [3.8, 4) is 5.75 Å². The molecular weight excluding hydrogens is 318 g/mol. The molecule has 1 heterocycles. The second-order valence-electron chi connectivity index (χ2n) is 4.90. The summed E-state index contributed by atoms with van der Waals surface area (Å²) in [6, 6.07) is 10.00. The summed E-state index contributed by atoms with van der Waals surface area (Å²) in [6.07, 6.45) is 1.46. The van der Waals surface area contributed by atoms with Crippen LogP contribution >= 0.6 is 11.6 Å². The van der Waals surface area contributed by atoms with E-state index in [2.05, 4.69) is 10.3 Å². The summed E-state index contributed by atoms with van der Waals surface area (Å²) in [5, 5.41) is 3.08. The lowest BCUT2D eigenvalue weighted by Crippen LogP contribution is -2.24. The zero-order chi connectivity index (χ0) is 16.8. The Kier molecular flexibility index (Phi) is 5.54. The number of aromatic nitrogens is 1. The number of amides is 2. The van der Waals surface area contributed by atoms with Gasteiger partial charge in [0, 0.05) is 26.0 Å². The Labute approximate surface area is 139 Å². The number of pyridine rings is 1. The van der Waals surface area contributed by atoms with Gasteiger partial charge in [0.15, 0.2) is 6.61 Å². The molecule has 2 amide bonds. The summed E-state index contributed by atoms with van der Waals surface area (Å²) in [6.45, 7) is -0.191. The Hall–Kier alpha value is -2.60. The number of hydrogen-bond acceptors (Lipinski definition) is 4. The second-order valence-corrected chi connectivity index (χ2v) is 5.30. The predicted octanol–water partition coefficient (Wildman–Crippen LogP) is 2.45. The molecule has 0 radical (unpaired) electrons. The lowest BCUT2D eigenvalue weighted by molar-refractivity contribution is -0.118. The third kappa shape index (κ3) is 4.69. The van der Waals surface area contributed by atoms with Crippen molar-refractivity contribution in [2.45, 2.75) is 0 Å². The third-order valence-corrected chi connectivity index (χ3v) is 3.18. The van der Waals surface area contributed by atoms with Crippen molar-refractivity contribution in [1.29, 1.82) is 0 Å².